The third kappa shape index (κ3) is 26.6. The van der Waals surface area contributed by atoms with E-state index >= 15 is 0 Å². The van der Waals surface area contributed by atoms with Gasteiger partial charge in [0.25, 0.3) is 5.91 Å². The lowest BCUT2D eigenvalue weighted by Crippen LogP contribution is -2.60. The Labute approximate surface area is 426 Å². The molecule has 1 heterocycles. The molecule has 0 saturated carbocycles. The Balaban J connectivity index is -0.0000000891. The van der Waals surface area contributed by atoms with Crippen LogP contribution in [0.1, 0.15) is 111 Å². The van der Waals surface area contributed by atoms with Crippen molar-refractivity contribution in [1.29, 1.82) is 0 Å². The average Bonchev–Trinajstić information content (AvgIpc) is 3.32. The molecule has 0 bridgehead atoms. The molecule has 0 radical (unpaired) electrons. The van der Waals surface area contributed by atoms with Gasteiger partial charge in [-0.2, -0.15) is 0 Å². The van der Waals surface area contributed by atoms with Crippen molar-refractivity contribution in [1.82, 2.24) is 5.32 Å². The van der Waals surface area contributed by atoms with Crippen LogP contribution in [0.25, 0.3) is 0 Å². The SMILES string of the molecule is CC#CC#CC#CC#CC#CC#CC#CC#CC#CC#CC#CC#CC(=O)N[C@@H](COC1OC(COCCCCCCN)C(O)C(O)C1O)[C@H](O)[C@H](O)CCCCCCCc1ccccc1.[HH].[HH].[HH].[HH].[HH].[HH].[HH].[HH].[HH].[HH].[HH].[HH].[HH].[HH].[HH].[HH].[HH].[HH].[HH].[HH].[HH].[HH].[HH].[HH]. The highest BCUT2D eigenvalue weighted by atomic mass is 16.7. The van der Waals surface area contributed by atoms with Crippen LogP contribution in [0.5, 0.6) is 0 Å². The molecule has 0 spiro atoms. The highest BCUT2D eigenvalue weighted by Crippen LogP contribution is 2.23. The minimum absolute atomic E-state index is 0. The van der Waals surface area contributed by atoms with Gasteiger partial charge in [0.1, 0.15) is 30.5 Å². The van der Waals surface area contributed by atoms with Crippen LogP contribution in [0.3, 0.4) is 0 Å². The Morgan fingerprint density at radius 3 is 1.73 bits per heavy atom. The number of hydrogen-bond acceptors (Lipinski definition) is 10. The number of hydrogen-bond donors (Lipinski definition) is 7. The number of unbranched alkanes of at least 4 members (excludes halogenated alkanes) is 7. The normalized spacial score (nSPS) is 17.2. The van der Waals surface area contributed by atoms with Crippen LogP contribution in [0.4, 0.5) is 0 Å². The molecule has 5 unspecified atom stereocenters. The molecule has 8 atom stereocenters. The molecule has 386 valence electrons. The van der Waals surface area contributed by atoms with Gasteiger partial charge in [-0.25, -0.2) is 0 Å². The summed E-state index contributed by atoms with van der Waals surface area (Å²) < 4.78 is 17.2. The summed E-state index contributed by atoms with van der Waals surface area (Å²) in [7, 11) is 0. The summed E-state index contributed by atoms with van der Waals surface area (Å²) in [6, 6.07) is 9.02. The van der Waals surface area contributed by atoms with Crippen LogP contribution in [0.15, 0.2) is 30.3 Å². The van der Waals surface area contributed by atoms with Crippen molar-refractivity contribution in [3.63, 3.8) is 0 Å². The van der Waals surface area contributed by atoms with Crippen LogP contribution in [0.2, 0.25) is 0 Å². The molecule has 1 aromatic rings. The van der Waals surface area contributed by atoms with E-state index in [-0.39, 0.29) is 47.3 Å². The van der Waals surface area contributed by atoms with E-state index in [2.05, 4.69) is 160 Å². The minimum Gasteiger partial charge on any atom is -0.390 e. The predicted octanol–water partition coefficient (Wildman–Crippen LogP) is 7.10. The molecule has 1 aromatic carbocycles. The van der Waals surface area contributed by atoms with Gasteiger partial charge in [-0.15, -0.1) is 0 Å². The molecule has 1 aliphatic rings. The molecule has 1 saturated heterocycles. The summed E-state index contributed by atoms with van der Waals surface area (Å²) in [6.07, 6.45) is -0.730. The van der Waals surface area contributed by atoms with Crippen molar-refractivity contribution in [3.05, 3.63) is 35.9 Å². The number of aliphatic hydroxyl groups excluding tert-OH is 5. The van der Waals surface area contributed by atoms with Crippen LogP contribution < -0.4 is 11.1 Å². The lowest BCUT2D eigenvalue weighted by Gasteiger charge is -2.40. The minimum atomic E-state index is -1.67. The van der Waals surface area contributed by atoms with E-state index in [1.165, 1.54) is 5.56 Å². The van der Waals surface area contributed by atoms with Crippen molar-refractivity contribution < 1.29 is 78.8 Å². The Hall–Kier alpha value is -6.95. The number of carbonyl (C=O) groups is 1. The van der Waals surface area contributed by atoms with E-state index in [1.807, 2.05) is 18.2 Å². The molecular formula is C55H102N2O9. The second kappa shape index (κ2) is 37.4. The predicted molar refractivity (Wildman–Crippen MR) is 302 cm³/mol. The molecule has 66 heavy (non-hydrogen) atoms. The van der Waals surface area contributed by atoms with Gasteiger partial charge in [0.2, 0.25) is 0 Å². The van der Waals surface area contributed by atoms with Crippen molar-refractivity contribution >= 4 is 5.91 Å². The smallest absolute Gasteiger partial charge is 0.297 e. The summed E-state index contributed by atoms with van der Waals surface area (Å²) in [5.41, 5.74) is 6.82. The van der Waals surface area contributed by atoms with Gasteiger partial charge in [0, 0.05) is 82.3 Å². The molecule has 0 aromatic heterocycles. The number of carbonyl (C=O) groups excluding carboxylic acids is 1. The van der Waals surface area contributed by atoms with E-state index in [0.717, 1.165) is 57.8 Å². The van der Waals surface area contributed by atoms with Gasteiger partial charge in [-0.3, -0.25) is 4.79 Å². The van der Waals surface area contributed by atoms with Gasteiger partial charge < -0.3 is 50.8 Å². The zero-order valence-electron chi connectivity index (χ0n) is 37.1. The van der Waals surface area contributed by atoms with E-state index in [9.17, 15) is 30.3 Å². The fourth-order valence-corrected chi connectivity index (χ4v) is 5.79. The van der Waals surface area contributed by atoms with Crippen LogP contribution in [-0.4, -0.2) is 107 Å². The molecule has 8 N–H and O–H groups in total. The third-order valence-corrected chi connectivity index (χ3v) is 9.18. The van der Waals surface area contributed by atoms with Gasteiger partial charge in [0.15, 0.2) is 6.29 Å². The Morgan fingerprint density at radius 2 is 1.17 bits per heavy atom. The van der Waals surface area contributed by atoms with E-state index < -0.39 is 61.5 Å². The second-order valence-electron chi connectivity index (χ2n) is 14.2. The Morgan fingerprint density at radius 1 is 0.667 bits per heavy atom. The quantitative estimate of drug-likeness (QED) is 0.0468. The van der Waals surface area contributed by atoms with Crippen molar-refractivity contribution in [2.45, 2.75) is 127 Å². The topological polar surface area (TPSA) is 184 Å². The monoisotopic (exact) mass is 935 g/mol. The summed E-state index contributed by atoms with van der Waals surface area (Å²) in [5.74, 6) is 58.7. The van der Waals surface area contributed by atoms with Gasteiger partial charge >= 0.3 is 0 Å². The summed E-state index contributed by atoms with van der Waals surface area (Å²) in [6.45, 7) is 2.15. The van der Waals surface area contributed by atoms with Crippen LogP contribution in [-0.2, 0) is 25.4 Å². The maximum Gasteiger partial charge on any atom is 0.297 e. The zero-order valence-corrected chi connectivity index (χ0v) is 37.1. The van der Waals surface area contributed by atoms with Crippen molar-refractivity contribution in [2.75, 3.05) is 26.4 Å². The fraction of sp³-hybridized carbons (Fsp3) is 0.436. The molecular weight excluding hydrogens is 833 g/mol. The first-order valence-corrected chi connectivity index (χ1v) is 21.5. The number of nitrogens with one attached hydrogen (secondary N) is 1. The Bertz CT molecular complexity index is 2540. The van der Waals surface area contributed by atoms with Gasteiger partial charge in [-0.1, -0.05) is 74.8 Å². The highest BCUT2D eigenvalue weighted by molar-refractivity contribution is 5.94. The number of ether oxygens (including phenoxy) is 3. The van der Waals surface area contributed by atoms with E-state index in [1.54, 1.807) is 6.92 Å². The summed E-state index contributed by atoms with van der Waals surface area (Å²) >= 11 is 0. The maximum absolute atomic E-state index is 12.9. The van der Waals surface area contributed by atoms with E-state index in [0.29, 0.717) is 19.6 Å². The molecule has 2 rings (SSSR count). The molecule has 0 aliphatic carbocycles. The number of benzene rings is 1. The molecule has 11 heteroatoms. The average molecular weight is 935 g/mol. The Kier molecular flexibility index (Phi) is 31.3. The number of nitrogens with two attached hydrogens (primary N) is 1. The second-order valence-corrected chi connectivity index (χ2v) is 14.2. The van der Waals surface area contributed by atoms with Crippen LogP contribution in [0, 0.1) is 142 Å². The number of rotatable bonds is 22. The zero-order chi connectivity index (χ0) is 47.7. The molecule has 1 aliphatic heterocycles. The summed E-state index contributed by atoms with van der Waals surface area (Å²) in [4.78, 5) is 12.9. The lowest BCUT2D eigenvalue weighted by molar-refractivity contribution is -0.304. The third-order valence-electron chi connectivity index (χ3n) is 9.18. The number of aliphatic hydroxyl groups is 5. The maximum atomic E-state index is 12.9. The van der Waals surface area contributed by atoms with Crippen LogP contribution >= 0.6 is 0 Å². The largest absolute Gasteiger partial charge is 0.390 e. The summed E-state index contributed by atoms with van der Waals surface area (Å²) in [5, 5.41) is 56.5. The van der Waals surface area contributed by atoms with Crippen molar-refractivity contribution in [2.24, 2.45) is 5.73 Å². The number of aryl methyl sites for hydroxylation is 1. The standard InChI is InChI=1S/C55H54N2O9.24H2/c1-2-3-4-5-6-7-8-9-10-11-12-13-14-15-16-17-18-19-20-21-22-26-34-41-50(59)57-47(51(60)48(58)40-33-25-23-24-30-37-46-38-31-29-32-39-46)44-65-55-54(63)53(62)52(61)49(66-55)45-64-43-36-28-27-35-42-56;;;;;;;;;;;;;;;;;;;;;;;;/h29,31-32,38-39,47-49,51-55,58,60-63H,23-25,27-28,30,33,35-37,40,42-45,56H2,1H3,(H,57,59);24*1H/t47-,48+,49?,51-,52?,53?,54?,55?;;;;;;;;;;;;;;;;;;;;;;;;/m0......................../s1. The van der Waals surface area contributed by atoms with Crippen molar-refractivity contribution in [3.8, 4) is 142 Å². The number of amides is 1. The lowest BCUT2D eigenvalue weighted by atomic mass is 9.98. The van der Waals surface area contributed by atoms with E-state index in [4.69, 9.17) is 19.9 Å². The fourth-order valence-electron chi connectivity index (χ4n) is 5.79. The molecule has 1 amide bonds. The first-order valence-electron chi connectivity index (χ1n) is 21.5. The van der Waals surface area contributed by atoms with Gasteiger partial charge in [0.05, 0.1) is 25.4 Å². The first kappa shape index (κ1) is 55.2. The first-order chi connectivity index (χ1) is 32.3. The molecule has 1 fully saturated rings. The molecule has 11 nitrogen and oxygen atoms in total. The highest BCUT2D eigenvalue weighted by Gasteiger charge is 2.45. The van der Waals surface area contributed by atoms with Gasteiger partial charge in [-0.05, 0) is 146 Å².